The quantitative estimate of drug-likeness (QED) is 0.407. The van der Waals surface area contributed by atoms with Gasteiger partial charge < -0.3 is 15.1 Å². The van der Waals surface area contributed by atoms with Gasteiger partial charge >= 0.3 is 0 Å². The van der Waals surface area contributed by atoms with Crippen LogP contribution in [0, 0.1) is 5.92 Å². The Hall–Kier alpha value is -0.820. The van der Waals surface area contributed by atoms with E-state index in [2.05, 4.69) is 51.4 Å². The van der Waals surface area contributed by atoms with E-state index in [1.807, 2.05) is 7.05 Å². The number of nitrogens with zero attached hydrogens (tertiary/aromatic N) is 3. The molecule has 0 radical (unpaired) electrons. The van der Waals surface area contributed by atoms with E-state index in [9.17, 15) is 0 Å². The molecule has 2 fully saturated rings. The van der Waals surface area contributed by atoms with E-state index in [4.69, 9.17) is 0 Å². The van der Waals surface area contributed by atoms with Crippen molar-refractivity contribution in [2.45, 2.75) is 43.9 Å². The van der Waals surface area contributed by atoms with Gasteiger partial charge in [-0.2, -0.15) is 0 Å². The number of guanidine groups is 1. The first kappa shape index (κ1) is 19.9. The molecule has 144 valence electrons. The zero-order chi connectivity index (χ0) is 17.3. The summed E-state index contributed by atoms with van der Waals surface area (Å²) in [6.07, 6.45) is 8.02. The summed E-state index contributed by atoms with van der Waals surface area (Å²) in [7, 11) is 4.17. The zero-order valence-corrected chi connectivity index (χ0v) is 18.5. The molecule has 3 aliphatic rings. The number of hydrogen-bond donors (Lipinski definition) is 1. The van der Waals surface area contributed by atoms with E-state index in [1.54, 1.807) is 5.56 Å². The van der Waals surface area contributed by atoms with Crippen LogP contribution in [0.4, 0.5) is 5.69 Å². The molecule has 1 aromatic carbocycles. The fourth-order valence-corrected chi connectivity index (χ4v) is 5.27. The molecule has 0 bridgehead atoms. The van der Waals surface area contributed by atoms with Crippen LogP contribution in [0.25, 0.3) is 0 Å². The molecule has 2 heterocycles. The van der Waals surface area contributed by atoms with E-state index in [1.165, 1.54) is 57.3 Å². The van der Waals surface area contributed by atoms with Crippen LogP contribution in [0.1, 0.15) is 44.1 Å². The average Bonchev–Trinajstić information content (AvgIpc) is 3.23. The SMILES string of the molecule is CN=C(NCC1CCCN(C)C1)N1CC2(CCCC2)c2ccccc21.I. The Morgan fingerprint density at radius 3 is 2.73 bits per heavy atom. The number of nitrogens with one attached hydrogen (secondary N) is 1. The van der Waals surface area contributed by atoms with Crippen LogP contribution in [0.5, 0.6) is 0 Å². The highest BCUT2D eigenvalue weighted by Crippen LogP contribution is 2.50. The minimum Gasteiger partial charge on any atom is -0.356 e. The summed E-state index contributed by atoms with van der Waals surface area (Å²) in [6, 6.07) is 9.01. The molecule has 2 aliphatic heterocycles. The van der Waals surface area contributed by atoms with Crippen molar-refractivity contribution in [3.05, 3.63) is 29.8 Å². The van der Waals surface area contributed by atoms with Gasteiger partial charge in [0.1, 0.15) is 0 Å². The highest BCUT2D eigenvalue weighted by Gasteiger charge is 2.45. The van der Waals surface area contributed by atoms with Crippen LogP contribution in [0.15, 0.2) is 29.3 Å². The van der Waals surface area contributed by atoms with E-state index in [0.717, 1.165) is 25.0 Å². The summed E-state index contributed by atoms with van der Waals surface area (Å²) in [5.41, 5.74) is 3.28. The van der Waals surface area contributed by atoms with Crippen molar-refractivity contribution in [1.82, 2.24) is 10.2 Å². The molecule has 1 saturated heterocycles. The van der Waals surface area contributed by atoms with E-state index in [-0.39, 0.29) is 24.0 Å². The molecule has 4 rings (SSSR count). The summed E-state index contributed by atoms with van der Waals surface area (Å²) < 4.78 is 0. The molecular weight excluding hydrogens is 435 g/mol. The van der Waals surface area contributed by atoms with Gasteiger partial charge in [-0.25, -0.2) is 0 Å². The number of halogens is 1. The van der Waals surface area contributed by atoms with E-state index in [0.29, 0.717) is 5.41 Å². The van der Waals surface area contributed by atoms with Crippen molar-refractivity contribution in [3.63, 3.8) is 0 Å². The maximum Gasteiger partial charge on any atom is 0.198 e. The summed E-state index contributed by atoms with van der Waals surface area (Å²) in [4.78, 5) is 9.55. The van der Waals surface area contributed by atoms with Crippen molar-refractivity contribution >= 4 is 35.6 Å². The Bertz CT molecular complexity index is 639. The normalized spacial score (nSPS) is 25.2. The first-order valence-corrected chi connectivity index (χ1v) is 9.98. The largest absolute Gasteiger partial charge is 0.356 e. The Balaban J connectivity index is 0.00000196. The third-order valence-corrected chi connectivity index (χ3v) is 6.53. The Morgan fingerprint density at radius 1 is 1.23 bits per heavy atom. The van der Waals surface area contributed by atoms with Crippen molar-refractivity contribution in [2.75, 3.05) is 45.2 Å². The molecule has 1 N–H and O–H groups in total. The molecule has 1 saturated carbocycles. The van der Waals surface area contributed by atoms with Crippen LogP contribution in [0.2, 0.25) is 0 Å². The summed E-state index contributed by atoms with van der Waals surface area (Å²) in [6.45, 7) is 4.57. The van der Waals surface area contributed by atoms with E-state index < -0.39 is 0 Å². The van der Waals surface area contributed by atoms with Gasteiger partial charge in [-0.05, 0) is 56.8 Å². The molecule has 1 aliphatic carbocycles. The van der Waals surface area contributed by atoms with Crippen LogP contribution in [0.3, 0.4) is 0 Å². The fraction of sp³-hybridized carbons (Fsp3) is 0.667. The monoisotopic (exact) mass is 468 g/mol. The smallest absolute Gasteiger partial charge is 0.198 e. The van der Waals surface area contributed by atoms with Gasteiger partial charge in [-0.3, -0.25) is 4.99 Å². The molecule has 4 nitrogen and oxygen atoms in total. The molecule has 1 spiro atoms. The fourth-order valence-electron chi connectivity index (χ4n) is 5.27. The van der Waals surface area contributed by atoms with Crippen LogP contribution in [-0.2, 0) is 5.41 Å². The van der Waals surface area contributed by atoms with Crippen molar-refractivity contribution in [1.29, 1.82) is 0 Å². The highest BCUT2D eigenvalue weighted by molar-refractivity contribution is 14.0. The van der Waals surface area contributed by atoms with Crippen LogP contribution >= 0.6 is 24.0 Å². The predicted molar refractivity (Wildman–Crippen MR) is 121 cm³/mol. The van der Waals surface area contributed by atoms with Gasteiger partial charge in [-0.1, -0.05) is 31.0 Å². The lowest BCUT2D eigenvalue weighted by Crippen LogP contribution is -2.46. The van der Waals surface area contributed by atoms with Gasteiger partial charge in [0.2, 0.25) is 0 Å². The Morgan fingerprint density at radius 2 is 2.00 bits per heavy atom. The highest BCUT2D eigenvalue weighted by atomic mass is 127. The van der Waals surface area contributed by atoms with Crippen molar-refractivity contribution < 1.29 is 0 Å². The molecule has 1 aromatic rings. The number of benzene rings is 1. The topological polar surface area (TPSA) is 30.9 Å². The predicted octanol–water partition coefficient (Wildman–Crippen LogP) is 3.85. The summed E-state index contributed by atoms with van der Waals surface area (Å²) in [5.74, 6) is 1.79. The minimum atomic E-state index is 0. The van der Waals surface area contributed by atoms with E-state index >= 15 is 0 Å². The maximum atomic E-state index is 4.64. The third kappa shape index (κ3) is 3.75. The average molecular weight is 468 g/mol. The molecule has 1 unspecified atom stereocenters. The number of para-hydroxylation sites is 1. The maximum absolute atomic E-state index is 4.64. The molecule has 1 atom stereocenters. The summed E-state index contributed by atoms with van der Waals surface area (Å²) in [5, 5.41) is 3.70. The van der Waals surface area contributed by atoms with Crippen molar-refractivity contribution in [2.24, 2.45) is 10.9 Å². The number of likely N-dealkylation sites (tertiary alicyclic amines) is 1. The second-order valence-electron chi connectivity index (χ2n) is 8.29. The molecular formula is C21H33IN4. The number of fused-ring (bicyclic) bond motifs is 2. The number of rotatable bonds is 2. The minimum absolute atomic E-state index is 0. The van der Waals surface area contributed by atoms with Crippen molar-refractivity contribution in [3.8, 4) is 0 Å². The zero-order valence-electron chi connectivity index (χ0n) is 16.2. The lowest BCUT2D eigenvalue weighted by atomic mass is 9.81. The van der Waals surface area contributed by atoms with Crippen LogP contribution in [-0.4, -0.2) is 51.1 Å². The lowest BCUT2D eigenvalue weighted by Gasteiger charge is -2.31. The standard InChI is InChI=1S/C21H32N4.HI/c1-22-20(23-14-17-8-7-13-24(2)15-17)25-16-21(11-5-6-12-21)18-9-3-4-10-19(18)25;/h3-4,9-10,17H,5-8,11-16H2,1-2H3,(H,22,23);1H. The van der Waals surface area contributed by atoms with Gasteiger partial charge in [0, 0.05) is 37.8 Å². The summed E-state index contributed by atoms with van der Waals surface area (Å²) >= 11 is 0. The second-order valence-corrected chi connectivity index (χ2v) is 8.29. The first-order valence-electron chi connectivity index (χ1n) is 9.98. The molecule has 26 heavy (non-hydrogen) atoms. The molecule has 0 aromatic heterocycles. The van der Waals surface area contributed by atoms with Gasteiger partial charge in [0.05, 0.1) is 0 Å². The Kier molecular flexibility index (Phi) is 6.49. The number of hydrogen-bond acceptors (Lipinski definition) is 2. The van der Waals surface area contributed by atoms with Gasteiger partial charge in [0.15, 0.2) is 5.96 Å². The Labute approximate surface area is 175 Å². The van der Waals surface area contributed by atoms with Gasteiger partial charge in [-0.15, -0.1) is 24.0 Å². The number of anilines is 1. The first-order chi connectivity index (χ1) is 12.2. The second kappa shape index (κ2) is 8.46. The van der Waals surface area contributed by atoms with Gasteiger partial charge in [0.25, 0.3) is 0 Å². The number of aliphatic imine (C=N–C) groups is 1. The third-order valence-electron chi connectivity index (χ3n) is 6.53. The molecule has 0 amide bonds. The lowest BCUT2D eigenvalue weighted by molar-refractivity contribution is 0.210. The van der Waals surface area contributed by atoms with Crippen LogP contribution < -0.4 is 10.2 Å². The molecule has 5 heteroatoms. The number of piperidine rings is 1.